The molecule has 5 rings (SSSR count). The fourth-order valence-corrected chi connectivity index (χ4v) is 6.76. The van der Waals surface area contributed by atoms with Crippen molar-refractivity contribution in [2.24, 2.45) is 0 Å². The van der Waals surface area contributed by atoms with Crippen LogP contribution in [0, 0.1) is 5.82 Å². The number of carbonyl (C=O) groups excluding carboxylic acids is 2. The van der Waals surface area contributed by atoms with Crippen molar-refractivity contribution in [3.8, 4) is 0 Å². The molecule has 1 saturated heterocycles. The van der Waals surface area contributed by atoms with Crippen molar-refractivity contribution in [2.75, 3.05) is 25.0 Å². The zero-order valence-electron chi connectivity index (χ0n) is 19.9. The Bertz CT molecular complexity index is 1440. The molecule has 2 aliphatic rings. The molecule has 0 aliphatic carbocycles. The Morgan fingerprint density at radius 1 is 0.946 bits per heavy atom. The van der Waals surface area contributed by atoms with Crippen LogP contribution in [0.3, 0.4) is 0 Å². The molecule has 1 atom stereocenters. The number of hydrogen-bond acceptors (Lipinski definition) is 4. The quantitative estimate of drug-likeness (QED) is 0.469. The van der Waals surface area contributed by atoms with E-state index in [1.54, 1.807) is 24.3 Å². The topological polar surface area (TPSA) is 86.8 Å². The van der Waals surface area contributed by atoms with Crippen molar-refractivity contribution in [1.29, 1.82) is 0 Å². The van der Waals surface area contributed by atoms with Gasteiger partial charge in [-0.2, -0.15) is 4.31 Å². The van der Waals surface area contributed by atoms with Crippen LogP contribution in [0.1, 0.15) is 46.8 Å². The van der Waals surface area contributed by atoms with Gasteiger partial charge in [-0.25, -0.2) is 12.8 Å². The number of amides is 2. The Labute approximate surface area is 223 Å². The van der Waals surface area contributed by atoms with Crippen molar-refractivity contribution < 1.29 is 22.4 Å². The Hall–Kier alpha value is -3.08. The number of nitrogens with zero attached hydrogens (tertiary/aromatic N) is 2. The Morgan fingerprint density at radius 2 is 1.62 bits per heavy atom. The fourth-order valence-electron chi connectivity index (χ4n) is 4.86. The monoisotopic (exact) mass is 585 g/mol. The van der Waals surface area contributed by atoms with E-state index in [1.807, 2.05) is 6.07 Å². The van der Waals surface area contributed by atoms with Gasteiger partial charge in [0.25, 0.3) is 5.91 Å². The van der Waals surface area contributed by atoms with E-state index in [9.17, 15) is 22.4 Å². The summed E-state index contributed by atoms with van der Waals surface area (Å²) in [6.45, 7) is 0.738. The molecular formula is C27H25BrFN3O4S. The van der Waals surface area contributed by atoms with E-state index in [1.165, 1.54) is 45.6 Å². The molecule has 1 unspecified atom stereocenters. The van der Waals surface area contributed by atoms with Crippen LogP contribution in [0.5, 0.6) is 0 Å². The summed E-state index contributed by atoms with van der Waals surface area (Å²) in [7, 11) is -3.64. The van der Waals surface area contributed by atoms with E-state index in [0.29, 0.717) is 29.9 Å². The number of anilines is 1. The lowest BCUT2D eigenvalue weighted by Gasteiger charge is -2.31. The summed E-state index contributed by atoms with van der Waals surface area (Å²) in [6, 6.07) is 16.3. The van der Waals surface area contributed by atoms with Crippen LogP contribution in [0.2, 0.25) is 0 Å². The summed E-state index contributed by atoms with van der Waals surface area (Å²) in [5.41, 5.74) is 2.11. The SMILES string of the molecule is O=C1CN(C(=O)c2ccc(S(=O)(=O)N3CCCCC3)cc2)C(c2ccc(F)cc2)c2cc(Br)ccc2N1. The highest BCUT2D eigenvalue weighted by molar-refractivity contribution is 9.10. The van der Waals surface area contributed by atoms with Gasteiger partial charge in [0.2, 0.25) is 15.9 Å². The van der Waals surface area contributed by atoms with Gasteiger partial charge in [-0.15, -0.1) is 0 Å². The molecule has 7 nitrogen and oxygen atoms in total. The van der Waals surface area contributed by atoms with Gasteiger partial charge < -0.3 is 10.2 Å². The van der Waals surface area contributed by atoms with Crippen LogP contribution in [0.4, 0.5) is 10.1 Å². The molecule has 2 amide bonds. The van der Waals surface area contributed by atoms with Gasteiger partial charge in [-0.3, -0.25) is 9.59 Å². The summed E-state index contributed by atoms with van der Waals surface area (Å²) in [5.74, 6) is -1.23. The molecule has 0 bridgehead atoms. The third-order valence-electron chi connectivity index (χ3n) is 6.71. The van der Waals surface area contributed by atoms with Crippen LogP contribution in [-0.4, -0.2) is 49.1 Å². The van der Waals surface area contributed by atoms with E-state index in [-0.39, 0.29) is 22.9 Å². The molecule has 192 valence electrons. The first-order chi connectivity index (χ1) is 17.7. The first kappa shape index (κ1) is 25.6. The van der Waals surface area contributed by atoms with Crippen molar-refractivity contribution in [3.05, 3.63) is 93.7 Å². The minimum Gasteiger partial charge on any atom is -0.324 e. The maximum Gasteiger partial charge on any atom is 0.255 e. The molecule has 3 aromatic rings. The molecule has 1 N–H and O–H groups in total. The molecule has 3 aromatic carbocycles. The summed E-state index contributed by atoms with van der Waals surface area (Å²) in [4.78, 5) is 28.2. The second kappa shape index (κ2) is 10.4. The van der Waals surface area contributed by atoms with Gasteiger partial charge in [-0.05, 0) is 73.0 Å². The van der Waals surface area contributed by atoms with Crippen molar-refractivity contribution in [1.82, 2.24) is 9.21 Å². The minimum absolute atomic E-state index is 0.129. The van der Waals surface area contributed by atoms with Crippen LogP contribution < -0.4 is 5.32 Å². The highest BCUT2D eigenvalue weighted by atomic mass is 79.9. The predicted molar refractivity (Wildman–Crippen MR) is 141 cm³/mol. The second-order valence-electron chi connectivity index (χ2n) is 9.16. The van der Waals surface area contributed by atoms with E-state index in [2.05, 4.69) is 21.2 Å². The van der Waals surface area contributed by atoms with Crippen molar-refractivity contribution in [2.45, 2.75) is 30.2 Å². The Morgan fingerprint density at radius 3 is 2.30 bits per heavy atom. The zero-order valence-corrected chi connectivity index (χ0v) is 22.3. The predicted octanol–water partition coefficient (Wildman–Crippen LogP) is 4.95. The van der Waals surface area contributed by atoms with E-state index in [4.69, 9.17) is 0 Å². The van der Waals surface area contributed by atoms with Crippen LogP contribution in [0.15, 0.2) is 76.1 Å². The van der Waals surface area contributed by atoms with Crippen LogP contribution >= 0.6 is 15.9 Å². The largest absolute Gasteiger partial charge is 0.324 e. The number of hydrogen-bond donors (Lipinski definition) is 1. The average molecular weight is 586 g/mol. The Kier molecular flexibility index (Phi) is 7.15. The lowest BCUT2D eigenvalue weighted by molar-refractivity contribution is -0.117. The number of fused-ring (bicyclic) bond motifs is 1. The molecule has 2 heterocycles. The van der Waals surface area contributed by atoms with Crippen LogP contribution in [0.25, 0.3) is 0 Å². The zero-order chi connectivity index (χ0) is 26.2. The molecule has 37 heavy (non-hydrogen) atoms. The normalized spacial score (nSPS) is 18.6. The molecule has 0 spiro atoms. The van der Waals surface area contributed by atoms with Gasteiger partial charge >= 0.3 is 0 Å². The molecular weight excluding hydrogens is 561 g/mol. The summed E-state index contributed by atoms with van der Waals surface area (Å²) >= 11 is 3.47. The first-order valence-electron chi connectivity index (χ1n) is 12.0. The van der Waals surface area contributed by atoms with E-state index < -0.39 is 27.8 Å². The number of benzene rings is 3. The lowest BCUT2D eigenvalue weighted by Crippen LogP contribution is -2.39. The summed E-state index contributed by atoms with van der Waals surface area (Å²) in [5, 5.41) is 2.85. The molecule has 0 radical (unpaired) electrons. The fraction of sp³-hybridized carbons (Fsp3) is 0.259. The lowest BCUT2D eigenvalue weighted by atomic mass is 9.95. The minimum atomic E-state index is -3.64. The van der Waals surface area contributed by atoms with Crippen LogP contribution in [-0.2, 0) is 14.8 Å². The number of rotatable bonds is 4. The molecule has 0 aromatic heterocycles. The molecule has 1 fully saturated rings. The van der Waals surface area contributed by atoms with Crippen molar-refractivity contribution in [3.63, 3.8) is 0 Å². The summed E-state index contributed by atoms with van der Waals surface area (Å²) in [6.07, 6.45) is 2.67. The maximum atomic E-state index is 13.8. The molecule has 10 heteroatoms. The van der Waals surface area contributed by atoms with Gasteiger partial charge in [0.15, 0.2) is 0 Å². The average Bonchev–Trinajstić information content (AvgIpc) is 3.05. The molecule has 2 aliphatic heterocycles. The maximum absolute atomic E-state index is 13.8. The van der Waals surface area contributed by atoms with Gasteiger partial charge in [0.1, 0.15) is 12.4 Å². The molecule has 0 saturated carbocycles. The number of carbonyl (C=O) groups is 2. The standard InChI is InChI=1S/C27H25BrFN3O4S/c28-20-8-13-24-23(16-20)26(18-4-9-21(29)10-5-18)32(17-25(33)30-24)27(34)19-6-11-22(12-7-19)37(35,36)31-14-2-1-3-15-31/h4-13,16,26H,1-3,14-15,17H2,(H,30,33). The highest BCUT2D eigenvalue weighted by Crippen LogP contribution is 2.38. The third kappa shape index (κ3) is 5.18. The number of sulfonamides is 1. The van der Waals surface area contributed by atoms with Crippen molar-refractivity contribution >= 4 is 43.5 Å². The summed E-state index contributed by atoms with van der Waals surface area (Å²) < 4.78 is 42.0. The third-order valence-corrected chi connectivity index (χ3v) is 9.11. The smallest absolute Gasteiger partial charge is 0.255 e. The van der Waals surface area contributed by atoms with Gasteiger partial charge in [0.05, 0.1) is 10.9 Å². The first-order valence-corrected chi connectivity index (χ1v) is 14.2. The second-order valence-corrected chi connectivity index (χ2v) is 12.0. The Balaban J connectivity index is 1.53. The van der Waals surface area contributed by atoms with Gasteiger partial charge in [0, 0.05) is 34.4 Å². The van der Waals surface area contributed by atoms with E-state index in [0.717, 1.165) is 23.7 Å². The number of nitrogens with one attached hydrogen (secondary N) is 1. The van der Waals surface area contributed by atoms with E-state index >= 15 is 0 Å². The van der Waals surface area contributed by atoms with Gasteiger partial charge in [-0.1, -0.05) is 34.5 Å². The number of halogens is 2. The highest BCUT2D eigenvalue weighted by Gasteiger charge is 2.34. The number of piperidine rings is 1.